The van der Waals surface area contributed by atoms with E-state index in [1.54, 1.807) is 20.0 Å². The molecule has 12 heteroatoms. The van der Waals surface area contributed by atoms with E-state index in [0.717, 1.165) is 22.3 Å². The maximum absolute atomic E-state index is 13.2. The van der Waals surface area contributed by atoms with E-state index in [-0.39, 0.29) is 18.1 Å². The maximum Gasteiger partial charge on any atom is 0.416 e. The number of anilines is 3. The van der Waals surface area contributed by atoms with E-state index in [0.29, 0.717) is 16.4 Å². The average Bonchev–Trinajstić information content (AvgIpc) is 3.40. The molecule has 1 saturated carbocycles. The molecule has 1 aliphatic rings. The first-order valence-corrected chi connectivity index (χ1v) is 12.8. The summed E-state index contributed by atoms with van der Waals surface area (Å²) in [6, 6.07) is 11.7. The van der Waals surface area contributed by atoms with E-state index in [2.05, 4.69) is 25.6 Å². The monoisotopic (exact) mass is 546 g/mol. The Balaban J connectivity index is 1.51. The van der Waals surface area contributed by atoms with Gasteiger partial charge in [-0.3, -0.25) is 0 Å². The number of nitrogens with one attached hydrogen (secondary N) is 3. The summed E-state index contributed by atoms with van der Waals surface area (Å²) in [5.74, 6) is -0.118. The highest BCUT2D eigenvalue weighted by atomic mass is 32.1. The van der Waals surface area contributed by atoms with Crippen LogP contribution in [0.25, 0.3) is 20.8 Å². The average molecular weight is 547 g/mol. The number of hydrogen-bond acceptors (Lipinski definition) is 8. The van der Waals surface area contributed by atoms with Gasteiger partial charge in [0.15, 0.2) is 0 Å². The van der Waals surface area contributed by atoms with Gasteiger partial charge in [-0.05, 0) is 50.6 Å². The minimum absolute atomic E-state index is 0.156. The van der Waals surface area contributed by atoms with Gasteiger partial charge in [-0.15, -0.1) is 11.3 Å². The summed E-state index contributed by atoms with van der Waals surface area (Å²) in [6.07, 6.45) is -4.93. The van der Waals surface area contributed by atoms with Crippen LogP contribution in [-0.2, 0) is 6.18 Å². The van der Waals surface area contributed by atoms with Crippen molar-refractivity contribution < 1.29 is 33.5 Å². The van der Waals surface area contributed by atoms with Gasteiger partial charge in [0.25, 0.3) is 0 Å². The Hall–Kier alpha value is -3.32. The van der Waals surface area contributed by atoms with Crippen molar-refractivity contribution in [1.82, 2.24) is 9.97 Å². The molecule has 5 rings (SSSR count). The summed E-state index contributed by atoms with van der Waals surface area (Å²) >= 11 is 1.43. The lowest BCUT2D eigenvalue weighted by atomic mass is 9.88. The molecule has 1 aliphatic carbocycles. The molecular formula is C26H27F3N5O3S+. The van der Waals surface area contributed by atoms with Gasteiger partial charge in [-0.25, -0.2) is 15.3 Å². The van der Waals surface area contributed by atoms with Crippen LogP contribution >= 0.6 is 11.3 Å². The van der Waals surface area contributed by atoms with Crippen molar-refractivity contribution in [2.75, 3.05) is 10.6 Å². The smallest absolute Gasteiger partial charge is 0.390 e. The van der Waals surface area contributed by atoms with Crippen LogP contribution in [-0.4, -0.2) is 49.1 Å². The number of hydrogen-bond donors (Lipinski definition) is 5. The first-order valence-electron chi connectivity index (χ1n) is 12.0. The highest BCUT2D eigenvalue weighted by Gasteiger charge is 2.48. The standard InChI is InChI=1S/C26H26F3N5O3S/c1-25(2,37)16-11-18(21(36)20(16)35)32-22-15(23-33-17-8-3-4-9-19(17)38-23)12-30-24(34-22)31-14-7-5-6-13(10-14)26(27,28)29/h3-10,12,16,18,20-21,35-37H,11H2,1-2H3,(H2,30,31,32,34)/p+1/t16-,18+,20+,21-/m0/s1. The van der Waals surface area contributed by atoms with E-state index in [4.69, 9.17) is 0 Å². The summed E-state index contributed by atoms with van der Waals surface area (Å²) in [4.78, 5) is 12.2. The van der Waals surface area contributed by atoms with Crippen molar-refractivity contribution in [2.24, 2.45) is 5.92 Å². The first kappa shape index (κ1) is 26.3. The molecule has 4 atom stereocenters. The number of aliphatic hydroxyl groups is 3. The van der Waals surface area contributed by atoms with Gasteiger partial charge in [0.05, 0.1) is 45.4 Å². The molecule has 2 aromatic carbocycles. The summed E-state index contributed by atoms with van der Waals surface area (Å²) in [5, 5.41) is 38.5. The van der Waals surface area contributed by atoms with Crippen LogP contribution in [0.2, 0.25) is 0 Å². The van der Waals surface area contributed by atoms with Gasteiger partial charge in [0.2, 0.25) is 5.82 Å². The number of thiazole rings is 1. The fourth-order valence-corrected chi connectivity index (χ4v) is 5.69. The van der Waals surface area contributed by atoms with E-state index in [1.807, 2.05) is 24.3 Å². The van der Waals surface area contributed by atoms with Crippen molar-refractivity contribution in [3.63, 3.8) is 0 Å². The number of aliphatic hydroxyl groups excluding tert-OH is 2. The highest BCUT2D eigenvalue weighted by Crippen LogP contribution is 2.39. The third-order valence-electron chi connectivity index (χ3n) is 6.72. The zero-order valence-electron chi connectivity index (χ0n) is 20.5. The molecule has 4 aromatic rings. The minimum Gasteiger partial charge on any atom is -0.390 e. The second-order valence-electron chi connectivity index (χ2n) is 9.93. The number of para-hydroxylation sites is 1. The van der Waals surface area contributed by atoms with Crippen molar-refractivity contribution >= 4 is 39.0 Å². The molecule has 2 aromatic heterocycles. The zero-order chi connectivity index (χ0) is 27.2. The predicted molar refractivity (Wildman–Crippen MR) is 138 cm³/mol. The van der Waals surface area contributed by atoms with Gasteiger partial charge in [0, 0.05) is 5.92 Å². The Morgan fingerprint density at radius 2 is 1.79 bits per heavy atom. The fourth-order valence-electron chi connectivity index (χ4n) is 4.70. The molecule has 8 nitrogen and oxygen atoms in total. The van der Waals surface area contributed by atoms with Crippen LogP contribution in [0.4, 0.5) is 30.6 Å². The molecule has 0 aliphatic heterocycles. The summed E-state index contributed by atoms with van der Waals surface area (Å²) in [6.45, 7) is 3.16. The summed E-state index contributed by atoms with van der Waals surface area (Å²) in [5.41, 5.74) is -0.466. The second kappa shape index (κ2) is 9.77. The Morgan fingerprint density at radius 1 is 1.03 bits per heavy atom. The number of nitrogens with zero attached hydrogens (tertiary/aromatic N) is 2. The zero-order valence-corrected chi connectivity index (χ0v) is 21.3. The van der Waals surface area contributed by atoms with Crippen LogP contribution in [0.1, 0.15) is 25.8 Å². The number of aromatic amines is 1. The van der Waals surface area contributed by atoms with E-state index < -0.39 is 41.5 Å². The molecule has 0 spiro atoms. The van der Waals surface area contributed by atoms with Crippen molar-refractivity contribution in [1.29, 1.82) is 0 Å². The largest absolute Gasteiger partial charge is 0.416 e. The van der Waals surface area contributed by atoms with Crippen LogP contribution in [0.15, 0.2) is 54.7 Å². The number of rotatable bonds is 6. The van der Waals surface area contributed by atoms with Crippen LogP contribution in [0, 0.1) is 5.92 Å². The Bertz CT molecular complexity index is 1420. The van der Waals surface area contributed by atoms with Crippen molar-refractivity contribution in [3.8, 4) is 10.6 Å². The lowest BCUT2D eigenvalue weighted by molar-refractivity contribution is -0.363. The second-order valence-corrected chi connectivity index (χ2v) is 11.0. The van der Waals surface area contributed by atoms with Crippen LogP contribution in [0.5, 0.6) is 0 Å². The Morgan fingerprint density at radius 3 is 2.47 bits per heavy atom. The normalized spacial score (nSPS) is 22.1. The number of alkyl halides is 3. The summed E-state index contributed by atoms with van der Waals surface area (Å²) < 4.78 is 40.5. The van der Waals surface area contributed by atoms with Crippen LogP contribution < -0.4 is 15.6 Å². The minimum atomic E-state index is -4.49. The fraction of sp³-hybridized carbons (Fsp3) is 0.346. The Labute approximate surface area is 220 Å². The lowest BCUT2D eigenvalue weighted by Gasteiger charge is -2.28. The van der Waals surface area contributed by atoms with E-state index in [1.165, 1.54) is 23.5 Å². The number of fused-ring (bicyclic) bond motifs is 1. The SMILES string of the molecule is CC(C)(O)[C@H]1C[C@@H](Nc2nc(Nc3cccc(C(F)(F)F)c3)[nH+]cc2-c2nc3ccccc3s2)[C@H](O)[C@@H]1O. The molecule has 0 radical (unpaired) electrons. The highest BCUT2D eigenvalue weighted by molar-refractivity contribution is 7.21. The van der Waals surface area contributed by atoms with Gasteiger partial charge >= 0.3 is 12.1 Å². The molecule has 2 heterocycles. The van der Waals surface area contributed by atoms with E-state index in [9.17, 15) is 28.5 Å². The molecular weight excluding hydrogens is 519 g/mol. The van der Waals surface area contributed by atoms with Gasteiger partial charge in [-0.2, -0.15) is 13.2 Å². The van der Waals surface area contributed by atoms with Crippen molar-refractivity contribution in [2.45, 2.75) is 50.3 Å². The Kier molecular flexibility index (Phi) is 6.76. The first-order chi connectivity index (χ1) is 17.9. The quantitative estimate of drug-likeness (QED) is 0.245. The number of H-pyrrole nitrogens is 1. The third kappa shape index (κ3) is 5.30. The summed E-state index contributed by atoms with van der Waals surface area (Å²) in [7, 11) is 0. The molecule has 6 N–H and O–H groups in total. The number of benzene rings is 2. The van der Waals surface area contributed by atoms with Gasteiger partial charge in [-0.1, -0.05) is 23.2 Å². The van der Waals surface area contributed by atoms with E-state index >= 15 is 0 Å². The molecule has 1 fully saturated rings. The number of halogens is 3. The van der Waals surface area contributed by atoms with Crippen molar-refractivity contribution in [3.05, 3.63) is 60.3 Å². The molecule has 0 unspecified atom stereocenters. The predicted octanol–water partition coefficient (Wildman–Crippen LogP) is 4.23. The lowest BCUT2D eigenvalue weighted by Crippen LogP contribution is -2.40. The molecule has 0 saturated heterocycles. The molecule has 0 bridgehead atoms. The van der Waals surface area contributed by atoms with Crippen LogP contribution in [0.3, 0.4) is 0 Å². The third-order valence-corrected chi connectivity index (χ3v) is 7.79. The topological polar surface area (TPSA) is 125 Å². The molecule has 0 amide bonds. The number of aromatic nitrogens is 3. The van der Waals surface area contributed by atoms with Gasteiger partial charge in [0.1, 0.15) is 16.7 Å². The maximum atomic E-state index is 13.2. The molecule has 200 valence electrons. The molecule has 38 heavy (non-hydrogen) atoms. The van der Waals surface area contributed by atoms with Gasteiger partial charge < -0.3 is 20.6 Å².